The maximum Gasteiger partial charge on any atom is 0.0602 e. The van der Waals surface area contributed by atoms with E-state index in [1.54, 1.807) is 0 Å². The van der Waals surface area contributed by atoms with Crippen molar-refractivity contribution in [3.05, 3.63) is 25.3 Å². The second-order valence-corrected chi connectivity index (χ2v) is 12.6. The molecule has 4 aliphatic carbocycles. The molecule has 0 aromatic carbocycles. The zero-order valence-corrected chi connectivity index (χ0v) is 22.1. The highest BCUT2D eigenvalue weighted by Crippen LogP contribution is 2.52. The molecule has 188 valence electrons. The van der Waals surface area contributed by atoms with Gasteiger partial charge < -0.3 is 4.74 Å². The first-order valence-electron chi connectivity index (χ1n) is 14.9. The van der Waals surface area contributed by atoms with E-state index in [0.29, 0.717) is 6.10 Å². The van der Waals surface area contributed by atoms with Gasteiger partial charge in [0.15, 0.2) is 0 Å². The van der Waals surface area contributed by atoms with Crippen LogP contribution >= 0.6 is 0 Å². The Balaban J connectivity index is 1.44. The van der Waals surface area contributed by atoms with Crippen molar-refractivity contribution >= 4 is 0 Å². The first-order chi connectivity index (χ1) is 16.2. The lowest BCUT2D eigenvalue weighted by molar-refractivity contribution is -0.0603. The van der Waals surface area contributed by atoms with Crippen molar-refractivity contribution in [1.82, 2.24) is 0 Å². The van der Waals surface area contributed by atoms with Gasteiger partial charge in [0.05, 0.1) is 6.10 Å². The summed E-state index contributed by atoms with van der Waals surface area (Å²) in [7, 11) is 2.01. The first kappa shape index (κ1) is 25.5. The average Bonchev–Trinajstić information content (AvgIpc) is 2.89. The zero-order valence-electron chi connectivity index (χ0n) is 22.1. The summed E-state index contributed by atoms with van der Waals surface area (Å²) in [6.07, 6.45) is 27.9. The lowest BCUT2D eigenvalue weighted by atomic mass is 9.57. The number of allylic oxidation sites excluding steroid dienone is 2. The molecule has 1 heteroatoms. The number of rotatable bonds is 8. The fraction of sp³-hybridized carbons (Fsp3) is 0.875. The van der Waals surface area contributed by atoms with Gasteiger partial charge in [0.25, 0.3) is 0 Å². The van der Waals surface area contributed by atoms with Gasteiger partial charge in [0.2, 0.25) is 0 Å². The van der Waals surface area contributed by atoms with E-state index in [2.05, 4.69) is 32.2 Å². The zero-order chi connectivity index (χ0) is 23.2. The van der Waals surface area contributed by atoms with Gasteiger partial charge in [-0.3, -0.25) is 0 Å². The molecule has 4 fully saturated rings. The molecule has 0 saturated heterocycles. The number of methoxy groups -OCH3 is 1. The van der Waals surface area contributed by atoms with E-state index < -0.39 is 0 Å². The van der Waals surface area contributed by atoms with Gasteiger partial charge in [-0.1, -0.05) is 31.9 Å². The summed E-state index contributed by atoms with van der Waals surface area (Å²) in [5.41, 5.74) is 0. The molecule has 4 saturated carbocycles. The maximum absolute atomic E-state index is 6.24. The van der Waals surface area contributed by atoms with Gasteiger partial charge in [-0.05, 0) is 143 Å². The molecule has 1 nitrogen and oxygen atoms in total. The summed E-state index contributed by atoms with van der Waals surface area (Å²) in [5, 5.41) is 0. The third-order valence-electron chi connectivity index (χ3n) is 11.1. The molecule has 0 N–H and O–H groups in total. The third kappa shape index (κ3) is 6.17. The second-order valence-electron chi connectivity index (χ2n) is 12.6. The van der Waals surface area contributed by atoms with Crippen molar-refractivity contribution in [2.75, 3.05) is 7.11 Å². The molecule has 0 bridgehead atoms. The van der Waals surface area contributed by atoms with Crippen LogP contribution in [0, 0.1) is 53.3 Å². The Morgan fingerprint density at radius 2 is 1.12 bits per heavy atom. The molecule has 4 rings (SSSR count). The molecule has 0 spiro atoms. The topological polar surface area (TPSA) is 9.23 Å². The molecule has 0 amide bonds. The molecule has 0 radical (unpaired) electrons. The number of ether oxygens (including phenoxy) is 1. The Morgan fingerprint density at radius 1 is 0.636 bits per heavy atom. The lowest BCUT2D eigenvalue weighted by Crippen LogP contribution is -2.43. The molecule has 6 atom stereocenters. The lowest BCUT2D eigenvalue weighted by Gasteiger charge is -2.49. The van der Waals surface area contributed by atoms with Crippen LogP contribution in [0.2, 0.25) is 0 Å². The van der Waals surface area contributed by atoms with E-state index in [1.807, 2.05) is 7.11 Å². The van der Waals surface area contributed by atoms with E-state index in [0.717, 1.165) is 53.3 Å². The van der Waals surface area contributed by atoms with E-state index in [4.69, 9.17) is 4.74 Å². The van der Waals surface area contributed by atoms with Crippen molar-refractivity contribution in [2.24, 2.45) is 53.3 Å². The molecular weight excluding hydrogens is 400 g/mol. The Morgan fingerprint density at radius 3 is 1.61 bits per heavy atom. The minimum atomic E-state index is 0.519. The minimum absolute atomic E-state index is 0.519. The van der Waals surface area contributed by atoms with Crippen molar-refractivity contribution < 1.29 is 4.74 Å². The van der Waals surface area contributed by atoms with E-state index >= 15 is 0 Å². The highest BCUT2D eigenvalue weighted by Gasteiger charge is 2.44. The van der Waals surface area contributed by atoms with Crippen LogP contribution in [0.4, 0.5) is 0 Å². The summed E-state index contributed by atoms with van der Waals surface area (Å²) in [4.78, 5) is 0. The maximum atomic E-state index is 6.24. The summed E-state index contributed by atoms with van der Waals surface area (Å²) < 4.78 is 6.24. The molecule has 0 aromatic heterocycles. The first-order valence-corrected chi connectivity index (χ1v) is 14.9. The summed E-state index contributed by atoms with van der Waals surface area (Å²) in [6, 6.07) is 0. The normalized spacial score (nSPS) is 44.8. The van der Waals surface area contributed by atoms with E-state index in [1.165, 1.54) is 103 Å². The predicted molar refractivity (Wildman–Crippen MR) is 142 cm³/mol. The van der Waals surface area contributed by atoms with Crippen molar-refractivity contribution in [1.29, 1.82) is 0 Å². The Kier molecular flexibility index (Phi) is 9.61. The van der Waals surface area contributed by atoms with Crippen LogP contribution in [0.5, 0.6) is 0 Å². The molecule has 6 unspecified atom stereocenters. The van der Waals surface area contributed by atoms with Gasteiger partial charge in [0.1, 0.15) is 0 Å². The standard InChI is InChI=1S/C32H54O/c1-5-8-27-17-18-28(25-13-9-23(6-2)10-14-25)21-30(27)31-22-29(19-20-32(31)33-4)26-15-11-24(7-3)12-16-26/h6-7,23-32H,2-3,5,8-22H2,1,4H3. The van der Waals surface area contributed by atoms with E-state index in [9.17, 15) is 0 Å². The Bertz CT molecular complexity index is 594. The monoisotopic (exact) mass is 454 g/mol. The number of hydrogen-bond acceptors (Lipinski definition) is 1. The van der Waals surface area contributed by atoms with Crippen LogP contribution in [-0.2, 0) is 4.74 Å². The molecule has 33 heavy (non-hydrogen) atoms. The van der Waals surface area contributed by atoms with Crippen LogP contribution in [-0.4, -0.2) is 13.2 Å². The van der Waals surface area contributed by atoms with Crippen LogP contribution in [0.25, 0.3) is 0 Å². The fourth-order valence-electron chi connectivity index (χ4n) is 9.07. The molecule has 4 aliphatic rings. The molecule has 0 aliphatic heterocycles. The van der Waals surface area contributed by atoms with Gasteiger partial charge in [-0.25, -0.2) is 0 Å². The van der Waals surface area contributed by atoms with Crippen molar-refractivity contribution in [3.63, 3.8) is 0 Å². The smallest absolute Gasteiger partial charge is 0.0602 e. The second kappa shape index (κ2) is 12.4. The fourth-order valence-corrected chi connectivity index (χ4v) is 9.07. The van der Waals surface area contributed by atoms with E-state index in [-0.39, 0.29) is 0 Å². The highest BCUT2D eigenvalue weighted by atomic mass is 16.5. The van der Waals surface area contributed by atoms with Gasteiger partial charge >= 0.3 is 0 Å². The summed E-state index contributed by atoms with van der Waals surface area (Å²) >= 11 is 0. The van der Waals surface area contributed by atoms with Crippen molar-refractivity contribution in [3.8, 4) is 0 Å². The van der Waals surface area contributed by atoms with Gasteiger partial charge in [-0.2, -0.15) is 0 Å². The molecule has 0 aromatic rings. The quantitative estimate of drug-likeness (QED) is 0.332. The van der Waals surface area contributed by atoms with Crippen LogP contribution in [0.1, 0.15) is 110 Å². The predicted octanol–water partition coefficient (Wildman–Crippen LogP) is 9.24. The minimum Gasteiger partial charge on any atom is -0.381 e. The summed E-state index contributed by atoms with van der Waals surface area (Å²) in [6.45, 7) is 10.6. The average molecular weight is 455 g/mol. The Labute approximate surface area is 206 Å². The highest BCUT2D eigenvalue weighted by molar-refractivity contribution is 4.96. The van der Waals surface area contributed by atoms with Crippen LogP contribution in [0.3, 0.4) is 0 Å². The number of hydrogen-bond donors (Lipinski definition) is 0. The third-order valence-corrected chi connectivity index (χ3v) is 11.1. The van der Waals surface area contributed by atoms with Crippen molar-refractivity contribution in [2.45, 2.75) is 116 Å². The summed E-state index contributed by atoms with van der Waals surface area (Å²) in [5.74, 6) is 8.16. The van der Waals surface area contributed by atoms with Crippen LogP contribution in [0.15, 0.2) is 25.3 Å². The Hall–Kier alpha value is -0.560. The molecule has 0 heterocycles. The largest absolute Gasteiger partial charge is 0.381 e. The van der Waals surface area contributed by atoms with Gasteiger partial charge in [-0.15, -0.1) is 13.2 Å². The SMILES string of the molecule is C=CC1CCC(C2CCC(CCC)C(C3CC(C4CCC(C=C)CC4)CCC3OC)C2)CC1. The van der Waals surface area contributed by atoms with Gasteiger partial charge in [0, 0.05) is 7.11 Å². The van der Waals surface area contributed by atoms with Crippen LogP contribution < -0.4 is 0 Å². The molecular formula is C32H54O.